The molecule has 0 spiro atoms. The quantitative estimate of drug-likeness (QED) is 0.843. The van der Waals surface area contributed by atoms with Crippen LogP contribution in [0.4, 0.5) is 5.69 Å². The van der Waals surface area contributed by atoms with Gasteiger partial charge in [0.1, 0.15) is 0 Å². The van der Waals surface area contributed by atoms with Gasteiger partial charge in [0.25, 0.3) is 0 Å². The minimum atomic E-state index is -3.31. The first-order chi connectivity index (χ1) is 9.79. The average molecular weight is 389 g/mol. The Hall–Kier alpha value is -1.04. The van der Waals surface area contributed by atoms with Crippen LogP contribution in [0.1, 0.15) is 11.1 Å². The zero-order chi connectivity index (χ0) is 15.6. The zero-order valence-electron chi connectivity index (χ0n) is 11.7. The summed E-state index contributed by atoms with van der Waals surface area (Å²) in [6.07, 6.45) is 1.19. The van der Waals surface area contributed by atoms with Gasteiger partial charge in [0.15, 0.2) is 9.84 Å². The molecule has 0 heterocycles. The van der Waals surface area contributed by atoms with Gasteiger partial charge < -0.3 is 5.32 Å². The molecule has 0 saturated heterocycles. The summed E-state index contributed by atoms with van der Waals surface area (Å²) >= 11 is 9.59. The Morgan fingerprint density at radius 2 is 1.95 bits per heavy atom. The van der Waals surface area contributed by atoms with E-state index in [1.54, 1.807) is 18.2 Å². The van der Waals surface area contributed by atoms with Crippen LogP contribution in [0.2, 0.25) is 5.02 Å². The van der Waals surface area contributed by atoms with Crippen molar-refractivity contribution in [1.29, 1.82) is 0 Å². The predicted molar refractivity (Wildman–Crippen MR) is 90.8 cm³/mol. The molecule has 0 fully saturated rings. The van der Waals surface area contributed by atoms with E-state index in [2.05, 4.69) is 21.2 Å². The number of benzene rings is 2. The monoisotopic (exact) mass is 387 g/mol. The molecule has 0 aliphatic rings. The molecule has 0 aliphatic heterocycles. The van der Waals surface area contributed by atoms with Gasteiger partial charge >= 0.3 is 0 Å². The fourth-order valence-corrected chi connectivity index (χ4v) is 3.50. The molecule has 0 unspecified atom stereocenters. The van der Waals surface area contributed by atoms with Crippen LogP contribution in [0.3, 0.4) is 0 Å². The van der Waals surface area contributed by atoms with E-state index < -0.39 is 9.84 Å². The fraction of sp³-hybridized carbons (Fsp3) is 0.200. The maximum absolute atomic E-state index is 11.8. The Morgan fingerprint density at radius 1 is 1.24 bits per heavy atom. The number of hydrogen-bond donors (Lipinski definition) is 1. The summed E-state index contributed by atoms with van der Waals surface area (Å²) in [4.78, 5) is 0.260. The normalized spacial score (nSPS) is 11.4. The molecule has 21 heavy (non-hydrogen) atoms. The lowest BCUT2D eigenvalue weighted by Gasteiger charge is -2.13. The van der Waals surface area contributed by atoms with E-state index in [4.69, 9.17) is 11.6 Å². The highest BCUT2D eigenvalue weighted by Gasteiger charge is 2.15. The summed E-state index contributed by atoms with van der Waals surface area (Å²) in [6, 6.07) is 10.8. The highest BCUT2D eigenvalue weighted by atomic mass is 79.9. The van der Waals surface area contributed by atoms with E-state index >= 15 is 0 Å². The summed E-state index contributed by atoms with van der Waals surface area (Å²) in [7, 11) is -3.31. The van der Waals surface area contributed by atoms with Gasteiger partial charge in [-0.2, -0.15) is 0 Å². The summed E-state index contributed by atoms with van der Waals surface area (Å²) in [5.41, 5.74) is 2.60. The summed E-state index contributed by atoms with van der Waals surface area (Å²) < 4.78 is 24.7. The molecule has 3 nitrogen and oxygen atoms in total. The summed E-state index contributed by atoms with van der Waals surface area (Å²) in [5, 5.41) is 3.66. The van der Waals surface area contributed by atoms with Gasteiger partial charge in [0.05, 0.1) is 4.90 Å². The Kier molecular flexibility index (Phi) is 4.96. The van der Waals surface area contributed by atoms with Crippen LogP contribution in [0.5, 0.6) is 0 Å². The third kappa shape index (κ3) is 3.99. The third-order valence-electron chi connectivity index (χ3n) is 3.10. The van der Waals surface area contributed by atoms with E-state index in [-0.39, 0.29) is 4.90 Å². The summed E-state index contributed by atoms with van der Waals surface area (Å²) in [6.45, 7) is 2.34. The van der Waals surface area contributed by atoms with Crippen LogP contribution in [0.25, 0.3) is 0 Å². The zero-order valence-corrected chi connectivity index (χ0v) is 14.8. The molecule has 0 atom stereocenters. The van der Waals surface area contributed by atoms with Gasteiger partial charge in [0.2, 0.25) is 0 Å². The standard InChI is InChI=1S/C15H15BrClNO2S/c1-10-8-11(6-7-13(10)16)18-9-12-14(17)4-3-5-15(12)21(2,19)20/h3-8,18H,9H2,1-2H3. The Bertz CT molecular complexity index is 775. The Morgan fingerprint density at radius 3 is 2.57 bits per heavy atom. The molecule has 112 valence electrons. The van der Waals surface area contributed by atoms with Crippen molar-refractivity contribution in [2.75, 3.05) is 11.6 Å². The molecule has 0 radical (unpaired) electrons. The van der Waals surface area contributed by atoms with Crippen molar-refractivity contribution in [3.63, 3.8) is 0 Å². The van der Waals surface area contributed by atoms with E-state index in [9.17, 15) is 8.42 Å². The van der Waals surface area contributed by atoms with E-state index in [1.807, 2.05) is 25.1 Å². The lowest BCUT2D eigenvalue weighted by atomic mass is 10.2. The first kappa shape index (κ1) is 16.3. The van der Waals surface area contributed by atoms with Crippen molar-refractivity contribution in [2.24, 2.45) is 0 Å². The second-order valence-electron chi connectivity index (χ2n) is 4.81. The first-order valence-electron chi connectivity index (χ1n) is 6.26. The molecule has 2 aromatic rings. The van der Waals surface area contributed by atoms with E-state index in [0.717, 1.165) is 15.7 Å². The average Bonchev–Trinajstić information content (AvgIpc) is 2.40. The molecule has 2 aromatic carbocycles. The number of hydrogen-bond acceptors (Lipinski definition) is 3. The van der Waals surface area contributed by atoms with Crippen LogP contribution < -0.4 is 5.32 Å². The topological polar surface area (TPSA) is 46.2 Å². The molecule has 0 saturated carbocycles. The molecule has 6 heteroatoms. The molecular formula is C15H15BrClNO2S. The smallest absolute Gasteiger partial charge is 0.175 e. The number of anilines is 1. The van der Waals surface area contributed by atoms with Crippen LogP contribution in [-0.2, 0) is 16.4 Å². The summed E-state index contributed by atoms with van der Waals surface area (Å²) in [5.74, 6) is 0. The molecule has 0 aliphatic carbocycles. The number of halogens is 2. The number of nitrogens with one attached hydrogen (secondary N) is 1. The van der Waals surface area contributed by atoms with Crippen LogP contribution in [0.15, 0.2) is 45.8 Å². The lowest BCUT2D eigenvalue weighted by molar-refractivity contribution is 0.601. The Balaban J connectivity index is 2.30. The largest absolute Gasteiger partial charge is 0.381 e. The second kappa shape index (κ2) is 6.38. The van der Waals surface area contributed by atoms with Gasteiger partial charge in [-0.05, 0) is 42.8 Å². The predicted octanol–water partition coefficient (Wildman–Crippen LogP) is 4.43. The lowest BCUT2D eigenvalue weighted by Crippen LogP contribution is -2.08. The van der Waals surface area contributed by atoms with Crippen molar-refractivity contribution >= 4 is 43.1 Å². The minimum Gasteiger partial charge on any atom is -0.381 e. The molecule has 1 N–H and O–H groups in total. The van der Waals surface area contributed by atoms with Crippen LogP contribution in [0, 0.1) is 6.92 Å². The van der Waals surface area contributed by atoms with Crippen molar-refractivity contribution in [1.82, 2.24) is 0 Å². The van der Waals surface area contributed by atoms with Gasteiger partial charge in [-0.3, -0.25) is 0 Å². The fourth-order valence-electron chi connectivity index (χ4n) is 2.00. The maximum atomic E-state index is 11.8. The van der Waals surface area contributed by atoms with Gasteiger partial charge in [-0.15, -0.1) is 0 Å². The van der Waals surface area contributed by atoms with Crippen molar-refractivity contribution in [3.05, 3.63) is 57.0 Å². The molecule has 2 rings (SSSR count). The van der Waals surface area contributed by atoms with Crippen molar-refractivity contribution < 1.29 is 8.42 Å². The minimum absolute atomic E-state index is 0.260. The van der Waals surface area contributed by atoms with E-state index in [0.29, 0.717) is 17.1 Å². The van der Waals surface area contributed by atoms with Gasteiger partial charge in [-0.1, -0.05) is 33.6 Å². The van der Waals surface area contributed by atoms with Crippen LogP contribution >= 0.6 is 27.5 Å². The molecule has 0 amide bonds. The number of aryl methyl sites for hydroxylation is 1. The first-order valence-corrected chi connectivity index (χ1v) is 9.33. The Labute approximate surface area is 138 Å². The van der Waals surface area contributed by atoms with E-state index in [1.165, 1.54) is 6.26 Å². The third-order valence-corrected chi connectivity index (χ3v) is 5.53. The van der Waals surface area contributed by atoms with Gasteiger partial charge in [-0.25, -0.2) is 8.42 Å². The van der Waals surface area contributed by atoms with Crippen molar-refractivity contribution in [2.45, 2.75) is 18.4 Å². The second-order valence-corrected chi connectivity index (χ2v) is 8.05. The van der Waals surface area contributed by atoms with Crippen molar-refractivity contribution in [3.8, 4) is 0 Å². The van der Waals surface area contributed by atoms with Gasteiger partial charge in [0, 0.05) is 33.5 Å². The van der Waals surface area contributed by atoms with Crippen LogP contribution in [-0.4, -0.2) is 14.7 Å². The SMILES string of the molecule is Cc1cc(NCc2c(Cl)cccc2S(C)(=O)=O)ccc1Br. The highest BCUT2D eigenvalue weighted by Crippen LogP contribution is 2.26. The number of rotatable bonds is 4. The highest BCUT2D eigenvalue weighted by molar-refractivity contribution is 9.10. The maximum Gasteiger partial charge on any atom is 0.175 e. The molecule has 0 aromatic heterocycles. The number of sulfone groups is 1. The molecule has 0 bridgehead atoms. The molecular weight excluding hydrogens is 374 g/mol.